The lowest BCUT2D eigenvalue weighted by Gasteiger charge is -2.22. The number of hydrogen-bond acceptors (Lipinski definition) is 3. The lowest BCUT2D eigenvalue weighted by atomic mass is 9.98. The number of carbonyl (C=O) groups excluding carboxylic acids is 1. The third kappa shape index (κ3) is 8.30. The third-order valence-corrected chi connectivity index (χ3v) is 4.81. The molecule has 0 heterocycles. The first-order valence-corrected chi connectivity index (χ1v) is 10.7. The van der Waals surface area contributed by atoms with Crippen molar-refractivity contribution in [3.63, 3.8) is 0 Å². The van der Waals surface area contributed by atoms with Gasteiger partial charge < -0.3 is 20.7 Å². The van der Waals surface area contributed by atoms with Gasteiger partial charge in [-0.15, -0.1) is 0 Å². The Morgan fingerprint density at radius 1 is 1.11 bits per heavy atom. The van der Waals surface area contributed by atoms with Crippen LogP contribution in [-0.2, 0) is 11.3 Å². The molecule has 0 spiro atoms. The molecule has 1 aromatic carbocycles. The zero-order chi connectivity index (χ0) is 20.0. The largest absolute Gasteiger partial charge is 0.378 e. The Labute approximate surface area is 169 Å². The van der Waals surface area contributed by atoms with Crippen molar-refractivity contribution < 1.29 is 9.53 Å². The van der Waals surface area contributed by atoms with E-state index in [2.05, 4.69) is 27.9 Å². The molecule has 0 bridgehead atoms. The number of guanidine groups is 1. The lowest BCUT2D eigenvalue weighted by molar-refractivity contribution is 0.0277. The number of ether oxygens (including phenoxy) is 1. The molecule has 0 radical (unpaired) electrons. The topological polar surface area (TPSA) is 74.8 Å². The highest BCUT2D eigenvalue weighted by Crippen LogP contribution is 2.20. The SMILES string of the molecule is CCNC(=O)c1cccc(CN=C(NCC)NCCCOC2CCCCC2)c1. The predicted octanol–water partition coefficient (Wildman–Crippen LogP) is 3.23. The summed E-state index contributed by atoms with van der Waals surface area (Å²) in [5.74, 6) is 0.750. The van der Waals surface area contributed by atoms with E-state index < -0.39 is 0 Å². The van der Waals surface area contributed by atoms with Crippen molar-refractivity contribution >= 4 is 11.9 Å². The first kappa shape index (κ1) is 22.2. The van der Waals surface area contributed by atoms with Gasteiger partial charge >= 0.3 is 0 Å². The fraction of sp³-hybridized carbons (Fsp3) is 0.636. The van der Waals surface area contributed by atoms with Gasteiger partial charge in [0.05, 0.1) is 12.6 Å². The van der Waals surface area contributed by atoms with Crippen molar-refractivity contribution in [3.05, 3.63) is 35.4 Å². The van der Waals surface area contributed by atoms with Crippen LogP contribution in [0.3, 0.4) is 0 Å². The van der Waals surface area contributed by atoms with E-state index in [4.69, 9.17) is 4.74 Å². The van der Waals surface area contributed by atoms with Crippen molar-refractivity contribution in [1.82, 2.24) is 16.0 Å². The Bertz CT molecular complexity index is 612. The van der Waals surface area contributed by atoms with Gasteiger partial charge in [-0.2, -0.15) is 0 Å². The van der Waals surface area contributed by atoms with Crippen LogP contribution in [0.15, 0.2) is 29.3 Å². The van der Waals surface area contributed by atoms with E-state index in [0.29, 0.717) is 24.8 Å². The number of rotatable bonds is 10. The van der Waals surface area contributed by atoms with E-state index in [1.807, 2.05) is 31.2 Å². The van der Waals surface area contributed by atoms with Crippen molar-refractivity contribution in [2.75, 3.05) is 26.2 Å². The quantitative estimate of drug-likeness (QED) is 0.327. The molecule has 156 valence electrons. The summed E-state index contributed by atoms with van der Waals surface area (Å²) in [4.78, 5) is 16.6. The molecule has 28 heavy (non-hydrogen) atoms. The van der Waals surface area contributed by atoms with E-state index in [-0.39, 0.29) is 5.91 Å². The number of nitrogens with zero attached hydrogens (tertiary/aromatic N) is 1. The Morgan fingerprint density at radius 3 is 2.64 bits per heavy atom. The number of benzene rings is 1. The van der Waals surface area contributed by atoms with Crippen LogP contribution in [0, 0.1) is 0 Å². The first-order valence-electron chi connectivity index (χ1n) is 10.7. The van der Waals surface area contributed by atoms with Gasteiger partial charge in [0.25, 0.3) is 5.91 Å². The molecule has 1 aliphatic carbocycles. The average Bonchev–Trinajstić information content (AvgIpc) is 2.73. The summed E-state index contributed by atoms with van der Waals surface area (Å²) in [6.07, 6.45) is 7.83. The molecule has 0 aliphatic heterocycles. The zero-order valence-corrected chi connectivity index (χ0v) is 17.4. The second kappa shape index (κ2) is 13.2. The van der Waals surface area contributed by atoms with Crippen LogP contribution >= 0.6 is 0 Å². The highest BCUT2D eigenvalue weighted by Gasteiger charge is 2.13. The van der Waals surface area contributed by atoms with Crippen LogP contribution < -0.4 is 16.0 Å². The third-order valence-electron chi connectivity index (χ3n) is 4.81. The summed E-state index contributed by atoms with van der Waals surface area (Å²) in [6, 6.07) is 7.62. The smallest absolute Gasteiger partial charge is 0.251 e. The summed E-state index contributed by atoms with van der Waals surface area (Å²) in [5, 5.41) is 9.46. The predicted molar refractivity (Wildman–Crippen MR) is 115 cm³/mol. The highest BCUT2D eigenvalue weighted by molar-refractivity contribution is 5.94. The maximum Gasteiger partial charge on any atom is 0.251 e. The Balaban J connectivity index is 1.76. The molecule has 0 unspecified atom stereocenters. The van der Waals surface area contributed by atoms with Gasteiger partial charge in [-0.1, -0.05) is 31.4 Å². The van der Waals surface area contributed by atoms with E-state index in [1.165, 1.54) is 32.1 Å². The molecule has 0 saturated heterocycles. The van der Waals surface area contributed by atoms with E-state index in [0.717, 1.165) is 37.6 Å². The summed E-state index contributed by atoms with van der Waals surface area (Å²) in [5.41, 5.74) is 1.69. The molecule has 2 rings (SSSR count). The lowest BCUT2D eigenvalue weighted by Crippen LogP contribution is -2.38. The average molecular weight is 389 g/mol. The fourth-order valence-corrected chi connectivity index (χ4v) is 3.35. The van der Waals surface area contributed by atoms with Crippen LogP contribution in [-0.4, -0.2) is 44.2 Å². The maximum atomic E-state index is 12.0. The molecule has 1 fully saturated rings. The minimum atomic E-state index is -0.0451. The second-order valence-corrected chi connectivity index (χ2v) is 7.17. The minimum Gasteiger partial charge on any atom is -0.378 e. The van der Waals surface area contributed by atoms with Gasteiger partial charge in [0.2, 0.25) is 0 Å². The molecule has 1 saturated carbocycles. The number of aliphatic imine (C=N–C) groups is 1. The molecule has 1 amide bonds. The fourth-order valence-electron chi connectivity index (χ4n) is 3.35. The molecule has 6 heteroatoms. The standard InChI is InChI=1S/C22H36N4O2/c1-3-23-21(27)19-11-8-10-18(16-19)17-26-22(24-4-2)25-14-9-15-28-20-12-6-5-7-13-20/h8,10-11,16,20H,3-7,9,12-15,17H2,1-2H3,(H,23,27)(H2,24,25,26). The van der Waals surface area contributed by atoms with Crippen LogP contribution in [0.2, 0.25) is 0 Å². The molecule has 3 N–H and O–H groups in total. The maximum absolute atomic E-state index is 12.0. The zero-order valence-electron chi connectivity index (χ0n) is 17.4. The van der Waals surface area contributed by atoms with Crippen LogP contribution in [0.1, 0.15) is 68.3 Å². The van der Waals surface area contributed by atoms with Gasteiger partial charge in [0, 0.05) is 31.8 Å². The summed E-state index contributed by atoms with van der Waals surface area (Å²) in [6.45, 7) is 7.56. The minimum absolute atomic E-state index is 0.0451. The van der Waals surface area contributed by atoms with Crippen LogP contribution in [0.4, 0.5) is 0 Å². The van der Waals surface area contributed by atoms with Gasteiger partial charge in [0.1, 0.15) is 0 Å². The first-order chi connectivity index (χ1) is 13.7. The van der Waals surface area contributed by atoms with Gasteiger partial charge in [-0.25, -0.2) is 4.99 Å². The summed E-state index contributed by atoms with van der Waals surface area (Å²) in [7, 11) is 0. The molecule has 0 atom stereocenters. The Morgan fingerprint density at radius 2 is 1.89 bits per heavy atom. The Hall–Kier alpha value is -2.08. The molecular weight excluding hydrogens is 352 g/mol. The Kier molecular flexibility index (Phi) is 10.4. The van der Waals surface area contributed by atoms with Gasteiger partial charge in [0.15, 0.2) is 5.96 Å². The van der Waals surface area contributed by atoms with Crippen LogP contribution in [0.25, 0.3) is 0 Å². The highest BCUT2D eigenvalue weighted by atomic mass is 16.5. The van der Waals surface area contributed by atoms with E-state index >= 15 is 0 Å². The van der Waals surface area contributed by atoms with Gasteiger partial charge in [-0.3, -0.25) is 4.79 Å². The number of carbonyl (C=O) groups is 1. The number of nitrogens with one attached hydrogen (secondary N) is 3. The monoisotopic (exact) mass is 388 g/mol. The number of hydrogen-bond donors (Lipinski definition) is 3. The summed E-state index contributed by atoms with van der Waals surface area (Å²) < 4.78 is 5.97. The molecule has 1 aliphatic rings. The van der Waals surface area contributed by atoms with Crippen molar-refractivity contribution in [1.29, 1.82) is 0 Å². The van der Waals surface area contributed by atoms with Gasteiger partial charge in [-0.05, 0) is 50.8 Å². The van der Waals surface area contributed by atoms with Crippen LogP contribution in [0.5, 0.6) is 0 Å². The molecule has 0 aromatic heterocycles. The molecule has 1 aromatic rings. The van der Waals surface area contributed by atoms with E-state index in [1.54, 1.807) is 0 Å². The second-order valence-electron chi connectivity index (χ2n) is 7.17. The normalized spacial score (nSPS) is 15.3. The van der Waals surface area contributed by atoms with E-state index in [9.17, 15) is 4.79 Å². The number of amides is 1. The van der Waals surface area contributed by atoms with Crippen molar-refractivity contribution in [2.45, 2.75) is 65.0 Å². The van der Waals surface area contributed by atoms with Crippen molar-refractivity contribution in [3.8, 4) is 0 Å². The van der Waals surface area contributed by atoms with Crippen molar-refractivity contribution in [2.24, 2.45) is 4.99 Å². The molecule has 6 nitrogen and oxygen atoms in total. The molecular formula is C22H36N4O2. The summed E-state index contributed by atoms with van der Waals surface area (Å²) >= 11 is 0.